The Morgan fingerprint density at radius 3 is 2.11 bits per heavy atom. The first-order chi connectivity index (χ1) is 8.48. The van der Waals surface area contributed by atoms with E-state index in [-0.39, 0.29) is 5.92 Å². The van der Waals surface area contributed by atoms with Gasteiger partial charge in [0.2, 0.25) is 11.8 Å². The summed E-state index contributed by atoms with van der Waals surface area (Å²) in [4.78, 5) is 35.3. The molecule has 5 nitrogen and oxygen atoms in total. The highest BCUT2D eigenvalue weighted by molar-refractivity contribution is 6.19. The Morgan fingerprint density at radius 2 is 1.67 bits per heavy atom. The molecule has 0 aromatic rings. The summed E-state index contributed by atoms with van der Waals surface area (Å²) >= 11 is 0. The molecule has 1 atom stereocenters. The SMILES string of the molecule is CCC=CCC1(C(C)CC)C(=O)NC(=O)NC1=O. The van der Waals surface area contributed by atoms with Gasteiger partial charge >= 0.3 is 6.03 Å². The topological polar surface area (TPSA) is 75.3 Å². The lowest BCUT2D eigenvalue weighted by Gasteiger charge is -2.37. The second-order valence-corrected chi connectivity index (χ2v) is 4.60. The molecule has 0 aromatic heterocycles. The first kappa shape index (κ1) is 14.4. The average Bonchev–Trinajstić information content (AvgIpc) is 2.32. The van der Waals surface area contributed by atoms with Crippen molar-refractivity contribution in [2.45, 2.75) is 40.0 Å². The molecule has 1 saturated heterocycles. The molecule has 0 aliphatic carbocycles. The minimum atomic E-state index is -1.17. The van der Waals surface area contributed by atoms with Gasteiger partial charge in [-0.3, -0.25) is 20.2 Å². The average molecular weight is 252 g/mol. The molecular weight excluding hydrogens is 232 g/mol. The summed E-state index contributed by atoms with van der Waals surface area (Å²) in [5.41, 5.74) is -1.17. The van der Waals surface area contributed by atoms with Crippen molar-refractivity contribution in [1.82, 2.24) is 10.6 Å². The van der Waals surface area contributed by atoms with Crippen molar-refractivity contribution in [2.75, 3.05) is 0 Å². The Bertz CT molecular complexity index is 368. The quantitative estimate of drug-likeness (QED) is 0.578. The van der Waals surface area contributed by atoms with Gasteiger partial charge < -0.3 is 0 Å². The monoisotopic (exact) mass is 252 g/mol. The molecule has 18 heavy (non-hydrogen) atoms. The Labute approximate surface area is 107 Å². The maximum atomic E-state index is 12.1. The van der Waals surface area contributed by atoms with Gasteiger partial charge in [-0.05, 0) is 18.8 Å². The van der Waals surface area contributed by atoms with Crippen LogP contribution in [0.25, 0.3) is 0 Å². The van der Waals surface area contributed by atoms with E-state index in [9.17, 15) is 14.4 Å². The first-order valence-corrected chi connectivity index (χ1v) is 6.30. The Kier molecular flexibility index (Phi) is 4.64. The van der Waals surface area contributed by atoms with Crippen LogP contribution in [0, 0.1) is 11.3 Å². The molecule has 2 N–H and O–H groups in total. The highest BCUT2D eigenvalue weighted by Gasteiger charge is 2.52. The van der Waals surface area contributed by atoms with Crippen molar-refractivity contribution < 1.29 is 14.4 Å². The second kappa shape index (κ2) is 5.80. The first-order valence-electron chi connectivity index (χ1n) is 6.30. The number of carbonyl (C=O) groups is 3. The van der Waals surface area contributed by atoms with Crippen LogP contribution in [0.1, 0.15) is 40.0 Å². The number of rotatable bonds is 5. The van der Waals surface area contributed by atoms with Crippen LogP contribution in [-0.4, -0.2) is 17.8 Å². The Hall–Kier alpha value is -1.65. The van der Waals surface area contributed by atoms with E-state index in [2.05, 4.69) is 10.6 Å². The van der Waals surface area contributed by atoms with Crippen molar-refractivity contribution >= 4 is 17.8 Å². The third-order valence-corrected chi connectivity index (χ3v) is 3.56. The molecule has 0 saturated carbocycles. The minimum absolute atomic E-state index is 0.132. The van der Waals surface area contributed by atoms with Crippen LogP contribution < -0.4 is 10.6 Å². The summed E-state index contributed by atoms with van der Waals surface area (Å²) in [6.07, 6.45) is 5.61. The van der Waals surface area contributed by atoms with Gasteiger partial charge in [0.25, 0.3) is 0 Å². The molecule has 100 valence electrons. The Morgan fingerprint density at radius 1 is 1.11 bits per heavy atom. The van der Waals surface area contributed by atoms with Crippen LogP contribution in [0.4, 0.5) is 4.79 Å². The number of hydrogen-bond donors (Lipinski definition) is 2. The molecule has 1 fully saturated rings. The van der Waals surface area contributed by atoms with Crippen molar-refractivity contribution in [3.63, 3.8) is 0 Å². The Balaban J connectivity index is 3.09. The summed E-state index contributed by atoms with van der Waals surface area (Å²) in [5, 5.41) is 4.40. The van der Waals surface area contributed by atoms with E-state index in [1.807, 2.05) is 32.9 Å². The maximum Gasteiger partial charge on any atom is 0.328 e. The van der Waals surface area contributed by atoms with Crippen molar-refractivity contribution in [2.24, 2.45) is 11.3 Å². The predicted octanol–water partition coefficient (Wildman–Crippen LogP) is 1.74. The van der Waals surface area contributed by atoms with Crippen molar-refractivity contribution in [3.8, 4) is 0 Å². The molecule has 0 bridgehead atoms. The molecule has 1 heterocycles. The van der Waals surface area contributed by atoms with Gasteiger partial charge in [0.1, 0.15) is 5.41 Å². The van der Waals surface area contributed by atoms with E-state index in [0.29, 0.717) is 12.8 Å². The van der Waals surface area contributed by atoms with Gasteiger partial charge in [-0.15, -0.1) is 0 Å². The van der Waals surface area contributed by atoms with Gasteiger partial charge in [-0.1, -0.05) is 39.3 Å². The normalized spacial score (nSPS) is 20.7. The molecule has 4 amide bonds. The number of urea groups is 1. The molecule has 1 aliphatic heterocycles. The third-order valence-electron chi connectivity index (χ3n) is 3.56. The number of carbonyl (C=O) groups excluding carboxylic acids is 3. The van der Waals surface area contributed by atoms with E-state index in [4.69, 9.17) is 0 Å². The van der Waals surface area contributed by atoms with Crippen molar-refractivity contribution in [3.05, 3.63) is 12.2 Å². The fourth-order valence-corrected chi connectivity index (χ4v) is 2.18. The molecular formula is C13H20N2O3. The molecule has 0 radical (unpaired) electrons. The summed E-state index contributed by atoms with van der Waals surface area (Å²) in [5.74, 6) is -1.12. The van der Waals surface area contributed by atoms with Crippen LogP contribution in [0.15, 0.2) is 12.2 Å². The van der Waals surface area contributed by atoms with Gasteiger partial charge in [-0.2, -0.15) is 0 Å². The lowest BCUT2D eigenvalue weighted by molar-refractivity contribution is -0.148. The number of barbiturate groups is 1. The summed E-state index contributed by atoms with van der Waals surface area (Å²) in [7, 11) is 0. The van der Waals surface area contributed by atoms with Crippen LogP contribution in [0.5, 0.6) is 0 Å². The number of allylic oxidation sites excluding steroid dienone is 2. The number of nitrogens with one attached hydrogen (secondary N) is 2. The second-order valence-electron chi connectivity index (χ2n) is 4.60. The predicted molar refractivity (Wildman–Crippen MR) is 67.6 cm³/mol. The fourth-order valence-electron chi connectivity index (χ4n) is 2.18. The number of imide groups is 2. The highest BCUT2D eigenvalue weighted by atomic mass is 16.2. The summed E-state index contributed by atoms with van der Waals surface area (Å²) in [6.45, 7) is 5.76. The van der Waals surface area contributed by atoms with E-state index < -0.39 is 23.3 Å². The zero-order chi connectivity index (χ0) is 13.8. The smallest absolute Gasteiger partial charge is 0.277 e. The molecule has 1 rings (SSSR count). The van der Waals surface area contributed by atoms with Gasteiger partial charge in [0.05, 0.1) is 0 Å². The summed E-state index contributed by atoms with van der Waals surface area (Å²) < 4.78 is 0. The van der Waals surface area contributed by atoms with E-state index >= 15 is 0 Å². The van der Waals surface area contributed by atoms with E-state index in [1.54, 1.807) is 0 Å². The molecule has 0 spiro atoms. The van der Waals surface area contributed by atoms with Gasteiger partial charge in [0, 0.05) is 0 Å². The van der Waals surface area contributed by atoms with Gasteiger partial charge in [-0.25, -0.2) is 4.79 Å². The maximum absolute atomic E-state index is 12.1. The standard InChI is InChI=1S/C13H20N2O3/c1-4-6-7-8-13(9(3)5-2)10(16)14-12(18)15-11(13)17/h6-7,9H,4-5,8H2,1-3H3,(H2,14,15,16,17,18). The lowest BCUT2D eigenvalue weighted by atomic mass is 9.70. The van der Waals surface area contributed by atoms with Crippen LogP contribution in [-0.2, 0) is 9.59 Å². The lowest BCUT2D eigenvalue weighted by Crippen LogP contribution is -2.64. The van der Waals surface area contributed by atoms with Crippen LogP contribution in [0.3, 0.4) is 0 Å². The fraction of sp³-hybridized carbons (Fsp3) is 0.615. The summed E-state index contributed by atoms with van der Waals surface area (Å²) in [6, 6.07) is -0.733. The van der Waals surface area contributed by atoms with Crippen LogP contribution in [0.2, 0.25) is 0 Å². The van der Waals surface area contributed by atoms with Crippen molar-refractivity contribution in [1.29, 1.82) is 0 Å². The molecule has 0 aromatic carbocycles. The number of amides is 4. The van der Waals surface area contributed by atoms with Gasteiger partial charge in [0.15, 0.2) is 0 Å². The minimum Gasteiger partial charge on any atom is -0.277 e. The van der Waals surface area contributed by atoms with Crippen LogP contribution >= 0.6 is 0 Å². The number of hydrogen-bond acceptors (Lipinski definition) is 3. The molecule has 5 heteroatoms. The third kappa shape index (κ3) is 2.44. The molecule has 1 aliphatic rings. The highest BCUT2D eigenvalue weighted by Crippen LogP contribution is 2.36. The zero-order valence-electron chi connectivity index (χ0n) is 11.1. The van der Waals surface area contributed by atoms with E-state index in [0.717, 1.165) is 6.42 Å². The molecule has 1 unspecified atom stereocenters. The zero-order valence-corrected chi connectivity index (χ0v) is 11.1. The largest absolute Gasteiger partial charge is 0.328 e. The van der Waals surface area contributed by atoms with E-state index in [1.165, 1.54) is 0 Å².